The van der Waals surface area contributed by atoms with E-state index in [2.05, 4.69) is 11.4 Å². The molecule has 0 atom stereocenters. The Bertz CT molecular complexity index is 560. The van der Waals surface area contributed by atoms with E-state index in [1.807, 2.05) is 30.3 Å². The number of thiophene rings is 1. The Morgan fingerprint density at radius 1 is 1.22 bits per heavy atom. The van der Waals surface area contributed by atoms with Gasteiger partial charge in [-0.05, 0) is 29.8 Å². The van der Waals surface area contributed by atoms with Gasteiger partial charge < -0.3 is 10.7 Å². The van der Waals surface area contributed by atoms with Crippen molar-refractivity contribution in [3.05, 3.63) is 64.1 Å². The van der Waals surface area contributed by atoms with E-state index in [-0.39, 0.29) is 0 Å². The average Bonchev–Trinajstić information content (AvgIpc) is 2.80. The van der Waals surface area contributed by atoms with E-state index < -0.39 is 0 Å². The Balaban J connectivity index is 2.05. The highest BCUT2D eigenvalue weighted by Gasteiger charge is 2.03. The van der Waals surface area contributed by atoms with Crippen LogP contribution in [0.25, 0.3) is 0 Å². The highest BCUT2D eigenvalue weighted by atomic mass is 35.5. The van der Waals surface area contributed by atoms with Gasteiger partial charge in [0.05, 0.1) is 5.00 Å². The van der Waals surface area contributed by atoms with Gasteiger partial charge in [-0.25, -0.2) is 0 Å². The third-order valence-electron chi connectivity index (χ3n) is 2.40. The molecule has 18 heavy (non-hydrogen) atoms. The number of nitrogens with one attached hydrogen (secondary N) is 2. The summed E-state index contributed by atoms with van der Waals surface area (Å²) in [5.74, 6) is 0. The van der Waals surface area contributed by atoms with Crippen molar-refractivity contribution in [1.29, 1.82) is 5.41 Å². The molecule has 0 spiro atoms. The van der Waals surface area contributed by atoms with Crippen LogP contribution in [0.2, 0.25) is 5.02 Å². The second-order valence-corrected chi connectivity index (χ2v) is 5.28. The molecule has 0 aliphatic heterocycles. The molecular formula is C14H13ClN2S. The fraction of sp³-hybridized carbons (Fsp3) is 0.0714. The van der Waals surface area contributed by atoms with Gasteiger partial charge in [0.2, 0.25) is 0 Å². The molecule has 0 amide bonds. The Morgan fingerprint density at radius 3 is 2.83 bits per heavy atom. The number of benzene rings is 1. The third kappa shape index (κ3) is 3.45. The zero-order valence-corrected chi connectivity index (χ0v) is 11.3. The number of rotatable bonds is 5. The molecule has 1 aromatic heterocycles. The van der Waals surface area contributed by atoms with Crippen molar-refractivity contribution in [1.82, 2.24) is 0 Å². The highest BCUT2D eigenvalue weighted by Crippen LogP contribution is 2.26. The molecule has 2 rings (SSSR count). The van der Waals surface area contributed by atoms with E-state index in [0.717, 1.165) is 22.0 Å². The van der Waals surface area contributed by atoms with E-state index in [1.165, 1.54) is 11.1 Å². The first kappa shape index (κ1) is 12.9. The summed E-state index contributed by atoms with van der Waals surface area (Å²) in [5.41, 5.74) is 1.14. The minimum atomic E-state index is 0.809. The van der Waals surface area contributed by atoms with Gasteiger partial charge in [-0.1, -0.05) is 29.8 Å². The topological polar surface area (TPSA) is 35.9 Å². The molecule has 0 aliphatic rings. The van der Waals surface area contributed by atoms with Gasteiger partial charge in [0, 0.05) is 28.7 Å². The lowest BCUT2D eigenvalue weighted by molar-refractivity contribution is 1.24. The summed E-state index contributed by atoms with van der Waals surface area (Å²) in [6.07, 6.45) is 5.48. The van der Waals surface area contributed by atoms with Gasteiger partial charge >= 0.3 is 0 Å². The van der Waals surface area contributed by atoms with Crippen molar-refractivity contribution >= 4 is 34.2 Å². The molecule has 2 aromatic rings. The average molecular weight is 277 g/mol. The van der Waals surface area contributed by atoms with Crippen LogP contribution in [0.4, 0.5) is 5.00 Å². The molecule has 92 valence electrons. The van der Waals surface area contributed by atoms with Gasteiger partial charge in [-0.2, -0.15) is 0 Å². The monoisotopic (exact) mass is 276 g/mol. The standard InChI is InChI=1S/C14H13ClN2S/c15-13-5-2-1-4-11(13)10-12-6-7-14(18-12)17-9-3-8-16/h1-9,16-17H,10H2/b9-3-,16-8?. The molecule has 4 heteroatoms. The molecule has 0 saturated heterocycles. The molecule has 1 aromatic carbocycles. The fourth-order valence-corrected chi connectivity index (χ4v) is 2.67. The summed E-state index contributed by atoms with van der Waals surface area (Å²) >= 11 is 7.83. The largest absolute Gasteiger partial charge is 0.353 e. The van der Waals surface area contributed by atoms with Crippen LogP contribution >= 0.6 is 22.9 Å². The maximum absolute atomic E-state index is 6.88. The zero-order chi connectivity index (χ0) is 12.8. The van der Waals surface area contributed by atoms with Gasteiger partial charge in [-0.15, -0.1) is 11.3 Å². The normalized spacial score (nSPS) is 10.7. The second kappa shape index (κ2) is 6.38. The van der Waals surface area contributed by atoms with Gasteiger partial charge in [0.1, 0.15) is 0 Å². The summed E-state index contributed by atoms with van der Waals surface area (Å²) < 4.78 is 0. The van der Waals surface area contributed by atoms with E-state index in [0.29, 0.717) is 0 Å². The van der Waals surface area contributed by atoms with Crippen LogP contribution in [0.5, 0.6) is 0 Å². The van der Waals surface area contributed by atoms with Crippen LogP contribution in [-0.2, 0) is 6.42 Å². The van der Waals surface area contributed by atoms with Crippen molar-refractivity contribution in [2.75, 3.05) is 5.32 Å². The van der Waals surface area contributed by atoms with Crippen molar-refractivity contribution in [2.24, 2.45) is 0 Å². The molecule has 0 unspecified atom stereocenters. The summed E-state index contributed by atoms with van der Waals surface area (Å²) in [5, 5.41) is 11.9. The van der Waals surface area contributed by atoms with Gasteiger partial charge in [-0.3, -0.25) is 0 Å². The Hall–Kier alpha value is -1.58. The molecule has 0 saturated carbocycles. The van der Waals surface area contributed by atoms with Crippen LogP contribution in [0.15, 0.2) is 48.7 Å². The quantitative estimate of drug-likeness (QED) is 0.771. The molecule has 1 heterocycles. The third-order valence-corrected chi connectivity index (χ3v) is 3.79. The minimum absolute atomic E-state index is 0.809. The minimum Gasteiger partial charge on any atom is -0.353 e. The van der Waals surface area contributed by atoms with Crippen molar-refractivity contribution in [2.45, 2.75) is 6.42 Å². The van der Waals surface area contributed by atoms with Crippen LogP contribution in [-0.4, -0.2) is 6.21 Å². The first-order valence-corrected chi connectivity index (χ1v) is 6.73. The number of hydrogen-bond donors (Lipinski definition) is 2. The number of allylic oxidation sites excluding steroid dienone is 1. The fourth-order valence-electron chi connectivity index (χ4n) is 1.56. The maximum Gasteiger partial charge on any atom is 0.0925 e. The smallest absolute Gasteiger partial charge is 0.0925 e. The summed E-state index contributed by atoms with van der Waals surface area (Å²) in [4.78, 5) is 1.26. The predicted molar refractivity (Wildman–Crippen MR) is 80.1 cm³/mol. The van der Waals surface area contributed by atoms with Gasteiger partial charge in [0.25, 0.3) is 0 Å². The lowest BCUT2D eigenvalue weighted by Gasteiger charge is -2.01. The second-order valence-electron chi connectivity index (χ2n) is 3.70. The first-order chi connectivity index (χ1) is 8.79. The summed E-state index contributed by atoms with van der Waals surface area (Å²) in [7, 11) is 0. The van der Waals surface area contributed by atoms with E-state index in [1.54, 1.807) is 23.6 Å². The number of hydrogen-bond acceptors (Lipinski definition) is 3. The molecule has 2 N–H and O–H groups in total. The van der Waals surface area contributed by atoms with Crippen LogP contribution < -0.4 is 5.32 Å². The van der Waals surface area contributed by atoms with Crippen LogP contribution in [0, 0.1) is 5.41 Å². The van der Waals surface area contributed by atoms with Crippen molar-refractivity contribution in [3.63, 3.8) is 0 Å². The molecule has 0 radical (unpaired) electrons. The van der Waals surface area contributed by atoms with Crippen molar-refractivity contribution < 1.29 is 0 Å². The van der Waals surface area contributed by atoms with E-state index in [9.17, 15) is 0 Å². The Kier molecular flexibility index (Phi) is 4.56. The lowest BCUT2D eigenvalue weighted by atomic mass is 10.1. The summed E-state index contributed by atoms with van der Waals surface area (Å²) in [6, 6.07) is 12.0. The van der Waals surface area contributed by atoms with Crippen LogP contribution in [0.3, 0.4) is 0 Å². The molecule has 0 aliphatic carbocycles. The summed E-state index contributed by atoms with van der Waals surface area (Å²) in [6.45, 7) is 0. The number of halogens is 1. The Labute approximate surface area is 115 Å². The first-order valence-electron chi connectivity index (χ1n) is 5.54. The molecule has 0 bridgehead atoms. The lowest BCUT2D eigenvalue weighted by Crippen LogP contribution is -1.85. The maximum atomic E-state index is 6.88. The van der Waals surface area contributed by atoms with Crippen molar-refractivity contribution in [3.8, 4) is 0 Å². The number of anilines is 1. The highest BCUT2D eigenvalue weighted by molar-refractivity contribution is 7.16. The van der Waals surface area contributed by atoms with Crippen LogP contribution in [0.1, 0.15) is 10.4 Å². The van der Waals surface area contributed by atoms with Gasteiger partial charge in [0.15, 0.2) is 0 Å². The molecular weight excluding hydrogens is 264 g/mol. The zero-order valence-electron chi connectivity index (χ0n) is 9.69. The molecule has 0 fully saturated rings. The van der Waals surface area contributed by atoms with E-state index in [4.69, 9.17) is 17.0 Å². The van der Waals surface area contributed by atoms with E-state index >= 15 is 0 Å². The Morgan fingerprint density at radius 2 is 2.06 bits per heavy atom. The molecule has 2 nitrogen and oxygen atoms in total. The predicted octanol–water partition coefficient (Wildman–Crippen LogP) is 4.57. The SMILES string of the molecule is N=C/C=C\Nc1ccc(Cc2ccccc2Cl)s1.